The molecule has 0 aliphatic heterocycles. The Balaban J connectivity index is 2.05. The number of unbranched alkanes of at least 4 members (excludes halogenated alkanes) is 7. The summed E-state index contributed by atoms with van der Waals surface area (Å²) in [5.74, 6) is 0.347. The van der Waals surface area contributed by atoms with Crippen LogP contribution >= 0.6 is 7.82 Å². The minimum Gasteiger partial charge on any atom is -0.404 e. The van der Waals surface area contributed by atoms with E-state index in [0.717, 1.165) is 19.3 Å². The number of phosphoric acid groups is 1. The highest BCUT2D eigenvalue weighted by Crippen LogP contribution is 2.43. The molecule has 0 radical (unpaired) electrons. The second-order valence-corrected chi connectivity index (χ2v) is 6.56. The molecule has 0 aliphatic carbocycles. The first-order valence-electron chi connectivity index (χ1n) is 7.86. The van der Waals surface area contributed by atoms with Gasteiger partial charge in [0.15, 0.2) is 0 Å². The molecule has 1 N–H and O–H groups in total. The number of para-hydroxylation sites is 1. The van der Waals surface area contributed by atoms with Crippen LogP contribution in [-0.4, -0.2) is 11.5 Å². The van der Waals surface area contributed by atoms with Gasteiger partial charge in [-0.2, -0.15) is 0 Å². The van der Waals surface area contributed by atoms with E-state index in [1.807, 2.05) is 6.07 Å². The molecule has 0 aliphatic rings. The lowest BCUT2D eigenvalue weighted by molar-refractivity contribution is 0.199. The van der Waals surface area contributed by atoms with Crippen molar-refractivity contribution < 1.29 is 18.5 Å². The topological polar surface area (TPSA) is 55.8 Å². The van der Waals surface area contributed by atoms with Crippen LogP contribution in [0.4, 0.5) is 0 Å². The van der Waals surface area contributed by atoms with Gasteiger partial charge in [0, 0.05) is 0 Å². The molecule has 5 heteroatoms. The van der Waals surface area contributed by atoms with E-state index >= 15 is 0 Å². The molecule has 0 aromatic heterocycles. The van der Waals surface area contributed by atoms with Crippen LogP contribution in [0.25, 0.3) is 0 Å². The summed E-state index contributed by atoms with van der Waals surface area (Å²) in [6.45, 7) is 2.47. The molecule has 21 heavy (non-hydrogen) atoms. The zero-order valence-corrected chi connectivity index (χ0v) is 13.8. The smallest absolute Gasteiger partial charge is 0.404 e. The lowest BCUT2D eigenvalue weighted by atomic mass is 10.1. The van der Waals surface area contributed by atoms with Crippen LogP contribution in [0, 0.1) is 0 Å². The Morgan fingerprint density at radius 3 is 2.14 bits per heavy atom. The van der Waals surface area contributed by atoms with Crippen LogP contribution in [0.2, 0.25) is 0 Å². The van der Waals surface area contributed by atoms with Gasteiger partial charge in [0.2, 0.25) is 0 Å². The Morgan fingerprint density at radius 1 is 0.952 bits per heavy atom. The van der Waals surface area contributed by atoms with Crippen LogP contribution in [0.1, 0.15) is 58.3 Å². The van der Waals surface area contributed by atoms with Crippen molar-refractivity contribution >= 4 is 7.82 Å². The molecule has 120 valence electrons. The monoisotopic (exact) mass is 314 g/mol. The zero-order valence-electron chi connectivity index (χ0n) is 12.9. The number of hydrogen-bond donors (Lipinski definition) is 1. The summed E-state index contributed by atoms with van der Waals surface area (Å²) in [5.41, 5.74) is 0. The maximum absolute atomic E-state index is 11.7. The van der Waals surface area contributed by atoms with E-state index in [2.05, 4.69) is 6.92 Å². The molecule has 0 fully saturated rings. The lowest BCUT2D eigenvalue weighted by Crippen LogP contribution is -1.99. The van der Waals surface area contributed by atoms with Gasteiger partial charge in [0.25, 0.3) is 0 Å². The highest BCUT2D eigenvalue weighted by atomic mass is 31.2. The SMILES string of the molecule is CCCCCCCCCCOP(=O)(O)Oc1ccccc1. The summed E-state index contributed by atoms with van der Waals surface area (Å²) < 4.78 is 21.6. The lowest BCUT2D eigenvalue weighted by Gasteiger charge is -2.12. The average Bonchev–Trinajstić information content (AvgIpc) is 2.46. The molecule has 1 unspecified atom stereocenters. The van der Waals surface area contributed by atoms with Crippen LogP contribution in [0.15, 0.2) is 30.3 Å². The average molecular weight is 314 g/mol. The van der Waals surface area contributed by atoms with E-state index in [4.69, 9.17) is 9.05 Å². The first-order valence-corrected chi connectivity index (χ1v) is 9.35. The number of hydrogen-bond acceptors (Lipinski definition) is 3. The number of benzene rings is 1. The minimum absolute atomic E-state index is 0.259. The van der Waals surface area contributed by atoms with Crippen molar-refractivity contribution in [2.24, 2.45) is 0 Å². The molecule has 0 saturated carbocycles. The van der Waals surface area contributed by atoms with E-state index in [9.17, 15) is 9.46 Å². The Bertz CT molecular complexity index is 408. The molecule has 4 nitrogen and oxygen atoms in total. The second kappa shape index (κ2) is 10.8. The van der Waals surface area contributed by atoms with E-state index < -0.39 is 7.82 Å². The van der Waals surface area contributed by atoms with Gasteiger partial charge in [-0.05, 0) is 18.6 Å². The van der Waals surface area contributed by atoms with Crippen molar-refractivity contribution in [2.75, 3.05) is 6.61 Å². The summed E-state index contributed by atoms with van der Waals surface area (Å²) in [6, 6.07) is 8.56. The van der Waals surface area contributed by atoms with Crippen molar-refractivity contribution in [1.82, 2.24) is 0 Å². The van der Waals surface area contributed by atoms with Gasteiger partial charge >= 0.3 is 7.82 Å². The number of rotatable bonds is 12. The van der Waals surface area contributed by atoms with E-state index in [1.54, 1.807) is 24.3 Å². The van der Waals surface area contributed by atoms with Crippen molar-refractivity contribution in [3.05, 3.63) is 30.3 Å². The molecule has 0 spiro atoms. The first kappa shape index (κ1) is 18.2. The van der Waals surface area contributed by atoms with Gasteiger partial charge in [-0.1, -0.05) is 70.1 Å². The molecule has 0 heterocycles. The van der Waals surface area contributed by atoms with Crippen LogP contribution in [0.3, 0.4) is 0 Å². The maximum atomic E-state index is 11.7. The van der Waals surface area contributed by atoms with Crippen molar-refractivity contribution in [3.8, 4) is 5.75 Å². The first-order chi connectivity index (χ1) is 10.1. The van der Waals surface area contributed by atoms with Crippen molar-refractivity contribution in [1.29, 1.82) is 0 Å². The summed E-state index contributed by atoms with van der Waals surface area (Å²) in [4.78, 5) is 9.58. The molecular weight excluding hydrogens is 287 g/mol. The molecule has 1 rings (SSSR count). The van der Waals surface area contributed by atoms with E-state index in [-0.39, 0.29) is 6.61 Å². The summed E-state index contributed by atoms with van der Waals surface area (Å²) in [5, 5.41) is 0. The maximum Gasteiger partial charge on any atom is 0.527 e. The van der Waals surface area contributed by atoms with Gasteiger partial charge in [0.1, 0.15) is 5.75 Å². The quantitative estimate of drug-likeness (QED) is 0.419. The van der Waals surface area contributed by atoms with Crippen LogP contribution in [0.5, 0.6) is 5.75 Å². The fourth-order valence-electron chi connectivity index (χ4n) is 2.06. The van der Waals surface area contributed by atoms with Crippen LogP contribution < -0.4 is 4.52 Å². The minimum atomic E-state index is -3.98. The highest BCUT2D eigenvalue weighted by molar-refractivity contribution is 7.47. The van der Waals surface area contributed by atoms with Crippen LogP contribution in [-0.2, 0) is 9.09 Å². The Kier molecular flexibility index (Phi) is 9.40. The largest absolute Gasteiger partial charge is 0.527 e. The third-order valence-electron chi connectivity index (χ3n) is 3.22. The standard InChI is InChI=1S/C16H27O4P/c1-2-3-4-5-6-7-8-12-15-19-21(17,18)20-16-13-10-9-11-14-16/h9-11,13-14H,2-8,12,15H2,1H3,(H,17,18). The van der Waals surface area contributed by atoms with Crippen molar-refractivity contribution in [3.63, 3.8) is 0 Å². The van der Waals surface area contributed by atoms with Gasteiger partial charge in [-0.3, -0.25) is 9.42 Å². The number of phosphoric ester groups is 1. The Morgan fingerprint density at radius 2 is 1.52 bits per heavy atom. The fraction of sp³-hybridized carbons (Fsp3) is 0.625. The van der Waals surface area contributed by atoms with Gasteiger partial charge in [0.05, 0.1) is 6.61 Å². The third kappa shape index (κ3) is 9.67. The van der Waals surface area contributed by atoms with E-state index in [1.165, 1.54) is 32.1 Å². The Hall–Kier alpha value is -0.830. The summed E-state index contributed by atoms with van der Waals surface area (Å²) in [7, 11) is -3.98. The highest BCUT2D eigenvalue weighted by Gasteiger charge is 2.22. The predicted molar refractivity (Wildman–Crippen MR) is 85.5 cm³/mol. The second-order valence-electron chi connectivity index (χ2n) is 5.18. The van der Waals surface area contributed by atoms with Gasteiger partial charge in [-0.25, -0.2) is 4.57 Å². The predicted octanol–water partition coefficient (Wildman–Crippen LogP) is 5.32. The van der Waals surface area contributed by atoms with Gasteiger partial charge < -0.3 is 4.52 Å². The fourth-order valence-corrected chi connectivity index (χ4v) is 2.86. The third-order valence-corrected chi connectivity index (χ3v) is 4.17. The molecule has 0 bridgehead atoms. The molecule has 0 amide bonds. The Labute approximate surface area is 128 Å². The molecular formula is C16H27O4P. The summed E-state index contributed by atoms with van der Waals surface area (Å²) in [6.07, 6.45) is 9.37. The van der Waals surface area contributed by atoms with E-state index in [0.29, 0.717) is 5.75 Å². The molecule has 1 aromatic rings. The normalized spacial score (nSPS) is 13.8. The van der Waals surface area contributed by atoms with Gasteiger partial charge in [-0.15, -0.1) is 0 Å². The summed E-state index contributed by atoms with van der Waals surface area (Å²) >= 11 is 0. The zero-order chi connectivity index (χ0) is 15.4. The van der Waals surface area contributed by atoms with Crippen molar-refractivity contribution in [2.45, 2.75) is 58.3 Å². The molecule has 1 aromatic carbocycles. The molecule has 0 saturated heterocycles. The molecule has 1 atom stereocenters.